The van der Waals surface area contributed by atoms with Crippen LogP contribution in [0.5, 0.6) is 11.5 Å². The number of hydrogen-bond acceptors (Lipinski definition) is 10. The molecule has 0 unspecified atom stereocenters. The fourth-order valence-electron chi connectivity index (χ4n) is 7.21. The molecule has 0 aromatic heterocycles. The second kappa shape index (κ2) is 15.3. The summed E-state index contributed by atoms with van der Waals surface area (Å²) in [6, 6.07) is 22.7. The number of nitrogens with zero attached hydrogens (tertiary/aromatic N) is 2. The molecule has 4 aliphatic heterocycles. The Labute approximate surface area is 321 Å². The van der Waals surface area contributed by atoms with Crippen LogP contribution in [0.4, 0.5) is 11.4 Å². The molecule has 12 nitrogen and oxygen atoms in total. The molecule has 0 bridgehead atoms. The van der Waals surface area contributed by atoms with E-state index in [4.69, 9.17) is 42.1 Å². The summed E-state index contributed by atoms with van der Waals surface area (Å²) in [5, 5.41) is 7.58. The number of carbonyl (C=O) groups excluding carboxylic acids is 4. The summed E-state index contributed by atoms with van der Waals surface area (Å²) in [5.74, 6) is 0.394. The number of esters is 2. The third-order valence-electron chi connectivity index (χ3n) is 9.97. The van der Waals surface area contributed by atoms with Crippen LogP contribution in [-0.4, -0.2) is 88.4 Å². The van der Waals surface area contributed by atoms with Gasteiger partial charge in [-0.3, -0.25) is 19.2 Å². The highest BCUT2D eigenvalue weighted by Gasteiger charge is 2.30. The van der Waals surface area contributed by atoms with Crippen molar-refractivity contribution in [2.24, 2.45) is 0 Å². The minimum Gasteiger partial charge on any atom is -0.482 e. The lowest BCUT2D eigenvalue weighted by atomic mass is 9.95. The lowest BCUT2D eigenvalue weighted by molar-refractivity contribution is -0.138. The maximum atomic E-state index is 12.8. The number of cyclic esters (lactones) is 2. The Balaban J connectivity index is 1.01. The Morgan fingerprint density at radius 3 is 1.41 bits per heavy atom. The minimum absolute atomic E-state index is 0.0596. The van der Waals surface area contributed by atoms with Crippen LogP contribution in [0.15, 0.2) is 72.8 Å². The van der Waals surface area contributed by atoms with E-state index in [9.17, 15) is 19.2 Å². The van der Waals surface area contributed by atoms with E-state index in [1.165, 1.54) is 0 Å². The lowest BCUT2D eigenvalue weighted by Gasteiger charge is -2.30. The van der Waals surface area contributed by atoms with Gasteiger partial charge in [0.2, 0.25) is 0 Å². The van der Waals surface area contributed by atoms with Gasteiger partial charge in [0.15, 0.2) is 13.2 Å². The molecule has 0 spiro atoms. The molecule has 2 amide bonds. The molecular weight excluding hydrogens is 735 g/mol. The highest BCUT2D eigenvalue weighted by molar-refractivity contribution is 6.39. The topological polar surface area (TPSA) is 136 Å². The molecule has 8 rings (SSSR count). The number of ether oxygens (including phenoxy) is 4. The number of fused-ring (bicyclic) bond motifs is 2. The van der Waals surface area contributed by atoms with E-state index in [1.807, 2.05) is 72.8 Å². The third kappa shape index (κ3) is 7.22. The van der Waals surface area contributed by atoms with Crippen molar-refractivity contribution in [1.82, 2.24) is 10.6 Å². The van der Waals surface area contributed by atoms with Crippen molar-refractivity contribution < 1.29 is 38.1 Å². The standard InChI is InChI=1S/C40H36Cl2N4O8/c41-39-27(23-7-9-31-33(15-23)51-21-35(47)45(31)13-11-43-25-17-37(49)53-19-25)3-1-5-29(39)30-6-2-4-28(40(30)42)24-8-10-32-34(16-24)52-22-36(48)46(32)14-12-44-26-18-38(50)54-20-26/h1-10,15-16,25-26,43-44H,11-14,17-22H2/t25-,26-/m1/s1. The van der Waals surface area contributed by atoms with Crippen molar-refractivity contribution >= 4 is 58.3 Å². The van der Waals surface area contributed by atoms with Crippen molar-refractivity contribution in [1.29, 1.82) is 0 Å². The number of hydrogen-bond donors (Lipinski definition) is 2. The van der Waals surface area contributed by atoms with E-state index >= 15 is 0 Å². The highest BCUT2D eigenvalue weighted by Crippen LogP contribution is 2.45. The Hall–Kier alpha value is -5.14. The summed E-state index contributed by atoms with van der Waals surface area (Å²) in [4.78, 5) is 51.9. The van der Waals surface area contributed by atoms with Gasteiger partial charge in [0.1, 0.15) is 24.7 Å². The molecule has 2 saturated heterocycles. The zero-order valence-corrected chi connectivity index (χ0v) is 30.6. The van der Waals surface area contributed by atoms with Crippen molar-refractivity contribution in [2.45, 2.75) is 24.9 Å². The van der Waals surface area contributed by atoms with E-state index < -0.39 is 0 Å². The van der Waals surface area contributed by atoms with Gasteiger partial charge < -0.3 is 39.4 Å². The van der Waals surface area contributed by atoms with Crippen molar-refractivity contribution in [3.05, 3.63) is 82.8 Å². The first-order chi connectivity index (χ1) is 26.2. The second-order valence-electron chi connectivity index (χ2n) is 13.4. The number of carbonyl (C=O) groups is 4. The van der Waals surface area contributed by atoms with E-state index in [0.29, 0.717) is 85.2 Å². The van der Waals surface area contributed by atoms with Crippen LogP contribution in [0.2, 0.25) is 10.0 Å². The molecule has 278 valence electrons. The Kier molecular flexibility index (Phi) is 10.2. The van der Waals surface area contributed by atoms with Crippen LogP contribution in [0.3, 0.4) is 0 Å². The summed E-state index contributed by atoms with van der Waals surface area (Å²) in [6.07, 6.45) is 0.638. The monoisotopic (exact) mass is 770 g/mol. The van der Waals surface area contributed by atoms with Gasteiger partial charge in [-0.1, -0.05) is 71.7 Å². The maximum absolute atomic E-state index is 12.8. The first-order valence-corrected chi connectivity index (χ1v) is 18.5. The number of benzene rings is 4. The van der Waals surface area contributed by atoms with Gasteiger partial charge in [0.05, 0.1) is 46.3 Å². The molecular formula is C40H36Cl2N4O8. The van der Waals surface area contributed by atoms with Crippen LogP contribution >= 0.6 is 23.2 Å². The van der Waals surface area contributed by atoms with Gasteiger partial charge in [-0.25, -0.2) is 0 Å². The molecule has 2 atom stereocenters. The van der Waals surface area contributed by atoms with Crippen molar-refractivity contribution in [3.8, 4) is 44.9 Å². The smallest absolute Gasteiger partial charge is 0.307 e. The fraction of sp³-hybridized carbons (Fsp3) is 0.300. The number of rotatable bonds is 11. The lowest BCUT2D eigenvalue weighted by Crippen LogP contribution is -2.44. The highest BCUT2D eigenvalue weighted by atomic mass is 35.5. The molecule has 14 heteroatoms. The van der Waals surface area contributed by atoms with E-state index in [-0.39, 0.29) is 49.1 Å². The van der Waals surface area contributed by atoms with Gasteiger partial charge in [0.25, 0.3) is 11.8 Å². The van der Waals surface area contributed by atoms with Crippen LogP contribution in [0, 0.1) is 0 Å². The SMILES string of the molecule is O=C1C[C@@H](NCCN2C(=O)COc3cc(-c4cccc(-c5cccc(-c6ccc7c(c6)OCC(=O)N7CCN[C@H]6COC(=O)C6)c5Cl)c4Cl)ccc32)CO1. The quantitative estimate of drug-likeness (QED) is 0.195. The largest absolute Gasteiger partial charge is 0.482 e. The number of nitrogens with one attached hydrogen (secondary N) is 2. The molecule has 2 fully saturated rings. The normalized spacial score (nSPS) is 19.2. The average molecular weight is 772 g/mol. The summed E-state index contributed by atoms with van der Waals surface area (Å²) >= 11 is 14.3. The van der Waals surface area contributed by atoms with E-state index in [0.717, 1.165) is 33.4 Å². The van der Waals surface area contributed by atoms with Gasteiger partial charge in [-0.05, 0) is 35.4 Å². The summed E-state index contributed by atoms with van der Waals surface area (Å²) < 4.78 is 21.8. The molecule has 0 saturated carbocycles. The molecule has 54 heavy (non-hydrogen) atoms. The fourth-order valence-corrected chi connectivity index (χ4v) is 7.88. The number of amides is 2. The number of anilines is 2. The molecule has 0 radical (unpaired) electrons. The van der Waals surface area contributed by atoms with Crippen molar-refractivity contribution in [2.75, 3.05) is 62.4 Å². The summed E-state index contributed by atoms with van der Waals surface area (Å²) in [7, 11) is 0. The predicted octanol–water partition coefficient (Wildman–Crippen LogP) is 5.26. The Morgan fingerprint density at radius 2 is 1.00 bits per heavy atom. The summed E-state index contributed by atoms with van der Waals surface area (Å²) in [6.45, 7) is 2.31. The van der Waals surface area contributed by atoms with Crippen LogP contribution in [0.25, 0.3) is 33.4 Å². The van der Waals surface area contributed by atoms with Crippen LogP contribution in [-0.2, 0) is 28.7 Å². The van der Waals surface area contributed by atoms with Gasteiger partial charge in [-0.15, -0.1) is 0 Å². The Morgan fingerprint density at radius 1 is 0.574 bits per heavy atom. The second-order valence-corrected chi connectivity index (χ2v) is 14.2. The Bertz CT molecular complexity index is 2010. The van der Waals surface area contributed by atoms with Crippen molar-refractivity contribution in [3.63, 3.8) is 0 Å². The van der Waals surface area contributed by atoms with Gasteiger partial charge >= 0.3 is 11.9 Å². The zero-order chi connectivity index (χ0) is 37.3. The first-order valence-electron chi connectivity index (χ1n) is 17.7. The molecule has 4 heterocycles. The minimum atomic E-state index is -0.223. The predicted molar refractivity (Wildman–Crippen MR) is 203 cm³/mol. The average Bonchev–Trinajstić information content (AvgIpc) is 3.80. The van der Waals surface area contributed by atoms with Gasteiger partial charge in [0, 0.05) is 48.4 Å². The number of halogens is 2. The molecule has 0 aliphatic carbocycles. The zero-order valence-electron chi connectivity index (χ0n) is 29.1. The molecule has 4 aliphatic rings. The third-order valence-corrected chi connectivity index (χ3v) is 10.8. The molecule has 2 N–H and O–H groups in total. The van der Waals surface area contributed by atoms with E-state index in [2.05, 4.69) is 10.6 Å². The van der Waals surface area contributed by atoms with Crippen LogP contribution < -0.4 is 29.9 Å². The summed E-state index contributed by atoms with van der Waals surface area (Å²) in [5.41, 5.74) is 5.97. The maximum Gasteiger partial charge on any atom is 0.307 e. The molecule has 4 aromatic rings. The first kappa shape index (κ1) is 35.9. The van der Waals surface area contributed by atoms with E-state index in [1.54, 1.807) is 9.80 Å². The van der Waals surface area contributed by atoms with Gasteiger partial charge in [-0.2, -0.15) is 0 Å². The molecule has 4 aromatic carbocycles. The van der Waals surface area contributed by atoms with Crippen LogP contribution in [0.1, 0.15) is 12.8 Å².